The molecule has 0 spiro atoms. The van der Waals surface area contributed by atoms with Crippen LogP contribution in [0.25, 0.3) is 0 Å². The fraction of sp³-hybridized carbons (Fsp3) is 0.533. The fourth-order valence-corrected chi connectivity index (χ4v) is 2.36. The van der Waals surface area contributed by atoms with E-state index in [1.54, 1.807) is 0 Å². The first-order chi connectivity index (χ1) is 8.66. The van der Waals surface area contributed by atoms with E-state index in [4.69, 9.17) is 10.5 Å². The van der Waals surface area contributed by atoms with Gasteiger partial charge in [-0.05, 0) is 56.4 Å². The molecule has 0 bridgehead atoms. The van der Waals surface area contributed by atoms with Gasteiger partial charge in [0.1, 0.15) is 0 Å². The van der Waals surface area contributed by atoms with Crippen molar-refractivity contribution in [3.63, 3.8) is 0 Å². The number of nitrogen functional groups attached to an aromatic ring is 1. The lowest BCUT2D eigenvalue weighted by Gasteiger charge is -2.08. The molecule has 1 aliphatic heterocycles. The van der Waals surface area contributed by atoms with Crippen LogP contribution >= 0.6 is 0 Å². The fourth-order valence-electron chi connectivity index (χ4n) is 2.36. The molecule has 18 heavy (non-hydrogen) atoms. The smallest absolute Gasteiger partial charge is 0.162 e. The molecule has 0 amide bonds. The van der Waals surface area contributed by atoms with E-state index in [2.05, 4.69) is 0 Å². The Hall–Kier alpha value is -1.35. The molecule has 2 N–H and O–H groups in total. The first-order valence-corrected chi connectivity index (χ1v) is 6.68. The topological polar surface area (TPSA) is 52.3 Å². The van der Waals surface area contributed by atoms with Gasteiger partial charge in [-0.15, -0.1) is 0 Å². The van der Waals surface area contributed by atoms with Crippen LogP contribution in [0.5, 0.6) is 0 Å². The molecule has 3 heteroatoms. The minimum atomic E-state index is 0.205. The SMILES string of the molecule is Cc1cc(C(=O)CCCC2CCCO2)ccc1N. The number of hydrogen-bond acceptors (Lipinski definition) is 3. The van der Waals surface area contributed by atoms with E-state index in [1.165, 1.54) is 0 Å². The number of ketones is 1. The molecule has 2 rings (SSSR count). The normalized spacial score (nSPS) is 19.1. The molecule has 3 nitrogen and oxygen atoms in total. The van der Waals surface area contributed by atoms with E-state index in [0.29, 0.717) is 12.5 Å². The third-order valence-corrected chi connectivity index (χ3v) is 3.55. The average Bonchev–Trinajstić information content (AvgIpc) is 2.85. The quantitative estimate of drug-likeness (QED) is 0.642. The molecule has 0 aromatic heterocycles. The summed E-state index contributed by atoms with van der Waals surface area (Å²) in [6, 6.07) is 5.50. The third kappa shape index (κ3) is 3.33. The molecular weight excluding hydrogens is 226 g/mol. The lowest BCUT2D eigenvalue weighted by molar-refractivity contribution is 0.0923. The second kappa shape index (κ2) is 6.01. The highest BCUT2D eigenvalue weighted by Gasteiger charge is 2.15. The van der Waals surface area contributed by atoms with Crippen molar-refractivity contribution >= 4 is 11.5 Å². The minimum absolute atomic E-state index is 0.205. The number of aryl methyl sites for hydroxylation is 1. The highest BCUT2D eigenvalue weighted by atomic mass is 16.5. The second-order valence-corrected chi connectivity index (χ2v) is 5.02. The van der Waals surface area contributed by atoms with E-state index >= 15 is 0 Å². The molecular formula is C15H21NO2. The maximum absolute atomic E-state index is 12.0. The van der Waals surface area contributed by atoms with Crippen molar-refractivity contribution in [2.75, 3.05) is 12.3 Å². The summed E-state index contributed by atoms with van der Waals surface area (Å²) in [5.41, 5.74) is 8.23. The Bertz CT molecular complexity index is 423. The zero-order valence-electron chi connectivity index (χ0n) is 10.9. The molecule has 1 aliphatic rings. The van der Waals surface area contributed by atoms with E-state index in [1.807, 2.05) is 25.1 Å². The summed E-state index contributed by atoms with van der Waals surface area (Å²) in [4.78, 5) is 12.0. The molecule has 1 atom stereocenters. The van der Waals surface area contributed by atoms with Crippen LogP contribution < -0.4 is 5.73 Å². The maximum atomic E-state index is 12.0. The van der Waals surface area contributed by atoms with E-state index < -0.39 is 0 Å². The van der Waals surface area contributed by atoms with Crippen LogP contribution in [0.15, 0.2) is 18.2 Å². The number of anilines is 1. The van der Waals surface area contributed by atoms with Crippen LogP contribution in [0, 0.1) is 6.92 Å². The summed E-state index contributed by atoms with van der Waals surface area (Å²) in [5.74, 6) is 0.205. The summed E-state index contributed by atoms with van der Waals surface area (Å²) in [5, 5.41) is 0. The lowest BCUT2D eigenvalue weighted by Crippen LogP contribution is -2.07. The number of rotatable bonds is 5. The van der Waals surface area contributed by atoms with E-state index in [0.717, 1.165) is 49.1 Å². The van der Waals surface area contributed by atoms with Crippen LogP contribution in [-0.2, 0) is 4.74 Å². The zero-order chi connectivity index (χ0) is 13.0. The highest BCUT2D eigenvalue weighted by molar-refractivity contribution is 5.96. The number of carbonyl (C=O) groups is 1. The van der Waals surface area contributed by atoms with Crippen LogP contribution in [-0.4, -0.2) is 18.5 Å². The van der Waals surface area contributed by atoms with E-state index in [-0.39, 0.29) is 5.78 Å². The monoisotopic (exact) mass is 247 g/mol. The average molecular weight is 247 g/mol. The van der Waals surface area contributed by atoms with Gasteiger partial charge in [0.05, 0.1) is 6.10 Å². The number of nitrogens with two attached hydrogens (primary N) is 1. The van der Waals surface area contributed by atoms with Gasteiger partial charge in [-0.1, -0.05) is 0 Å². The van der Waals surface area contributed by atoms with E-state index in [9.17, 15) is 4.79 Å². The van der Waals surface area contributed by atoms with Gasteiger partial charge in [0.15, 0.2) is 5.78 Å². The number of Topliss-reactive ketones (excluding diaryl/α,β-unsaturated/α-hetero) is 1. The van der Waals surface area contributed by atoms with Crippen molar-refractivity contribution < 1.29 is 9.53 Å². The van der Waals surface area contributed by atoms with Gasteiger partial charge in [-0.25, -0.2) is 0 Å². The molecule has 98 valence electrons. The number of ether oxygens (including phenoxy) is 1. The third-order valence-electron chi connectivity index (χ3n) is 3.55. The van der Waals surface area contributed by atoms with Crippen LogP contribution in [0.2, 0.25) is 0 Å². The van der Waals surface area contributed by atoms with Crippen LogP contribution in [0.1, 0.15) is 48.0 Å². The first-order valence-electron chi connectivity index (χ1n) is 6.68. The summed E-state index contributed by atoms with van der Waals surface area (Å²) in [6.45, 7) is 2.81. The van der Waals surface area contributed by atoms with Crippen molar-refractivity contribution in [2.24, 2.45) is 0 Å². The molecule has 1 heterocycles. The van der Waals surface area contributed by atoms with Gasteiger partial charge in [0.2, 0.25) is 0 Å². The predicted molar refractivity (Wildman–Crippen MR) is 72.7 cm³/mol. The standard InChI is InChI=1S/C15H21NO2/c1-11-10-12(7-8-14(11)16)15(17)6-2-4-13-5-3-9-18-13/h7-8,10,13H,2-6,9,16H2,1H3. The molecule has 0 radical (unpaired) electrons. The molecule has 1 fully saturated rings. The molecule has 0 saturated carbocycles. The van der Waals surface area contributed by atoms with Gasteiger partial charge in [-0.3, -0.25) is 4.79 Å². The number of benzene rings is 1. The van der Waals surface area contributed by atoms with Crippen molar-refractivity contribution in [1.82, 2.24) is 0 Å². The number of hydrogen-bond donors (Lipinski definition) is 1. The Balaban J connectivity index is 1.81. The molecule has 0 aliphatic carbocycles. The highest BCUT2D eigenvalue weighted by Crippen LogP contribution is 2.19. The van der Waals surface area contributed by atoms with Crippen LogP contribution in [0.4, 0.5) is 5.69 Å². The Morgan fingerprint density at radius 1 is 1.50 bits per heavy atom. The molecule has 1 saturated heterocycles. The Morgan fingerprint density at radius 3 is 3.00 bits per heavy atom. The Morgan fingerprint density at radius 2 is 2.33 bits per heavy atom. The molecule has 1 aromatic carbocycles. The van der Waals surface area contributed by atoms with Crippen molar-refractivity contribution in [3.8, 4) is 0 Å². The van der Waals surface area contributed by atoms with Crippen molar-refractivity contribution in [1.29, 1.82) is 0 Å². The molecule has 1 aromatic rings. The lowest BCUT2D eigenvalue weighted by atomic mass is 10.0. The minimum Gasteiger partial charge on any atom is -0.399 e. The predicted octanol–water partition coefficient (Wildman–Crippen LogP) is 3.11. The summed E-state index contributed by atoms with van der Waals surface area (Å²) in [7, 11) is 0. The second-order valence-electron chi connectivity index (χ2n) is 5.02. The van der Waals surface area contributed by atoms with Crippen LogP contribution in [0.3, 0.4) is 0 Å². The Kier molecular flexibility index (Phi) is 4.37. The van der Waals surface area contributed by atoms with Gasteiger partial charge in [-0.2, -0.15) is 0 Å². The van der Waals surface area contributed by atoms with Gasteiger partial charge in [0.25, 0.3) is 0 Å². The summed E-state index contributed by atoms with van der Waals surface area (Å²) >= 11 is 0. The maximum Gasteiger partial charge on any atom is 0.162 e. The summed E-state index contributed by atoms with van der Waals surface area (Å²) in [6.07, 6.45) is 5.20. The van der Waals surface area contributed by atoms with Crippen molar-refractivity contribution in [3.05, 3.63) is 29.3 Å². The molecule has 1 unspecified atom stereocenters. The van der Waals surface area contributed by atoms with Gasteiger partial charge >= 0.3 is 0 Å². The van der Waals surface area contributed by atoms with Gasteiger partial charge < -0.3 is 10.5 Å². The Labute approximate surface area is 108 Å². The number of carbonyl (C=O) groups excluding carboxylic acids is 1. The van der Waals surface area contributed by atoms with Gasteiger partial charge in [0, 0.05) is 24.3 Å². The first kappa shape index (κ1) is 13.1. The largest absolute Gasteiger partial charge is 0.399 e. The van der Waals surface area contributed by atoms with Crippen molar-refractivity contribution in [2.45, 2.75) is 45.1 Å². The summed E-state index contributed by atoms with van der Waals surface area (Å²) < 4.78 is 5.55. The zero-order valence-corrected chi connectivity index (χ0v) is 10.9.